The van der Waals surface area contributed by atoms with Crippen LogP contribution >= 0.6 is 0 Å². The summed E-state index contributed by atoms with van der Waals surface area (Å²) in [6, 6.07) is 13.2. The Morgan fingerprint density at radius 3 is 2.06 bits per heavy atom. The summed E-state index contributed by atoms with van der Waals surface area (Å²) in [7, 11) is 0. The minimum Gasteiger partial charge on any atom is -0.480 e. The number of nitrogens with one attached hydrogen (secondary N) is 1. The Morgan fingerprint density at radius 2 is 1.56 bits per heavy atom. The van der Waals surface area contributed by atoms with Crippen LogP contribution < -0.4 is 11.1 Å². The summed E-state index contributed by atoms with van der Waals surface area (Å²) in [5, 5.41) is 11.5. The highest BCUT2D eigenvalue weighted by atomic mass is 16.6. The topological polar surface area (TPSA) is 128 Å². The Labute approximate surface area is 186 Å². The highest BCUT2D eigenvalue weighted by Gasteiger charge is 2.33. The van der Waals surface area contributed by atoms with E-state index in [9.17, 15) is 14.4 Å². The van der Waals surface area contributed by atoms with Crippen molar-refractivity contribution >= 4 is 18.0 Å². The molecule has 170 valence electrons. The minimum atomic E-state index is -1.35. The van der Waals surface area contributed by atoms with Crippen LogP contribution in [0.3, 0.4) is 0 Å². The molecular weight excluding hydrogens is 412 g/mol. The van der Waals surface area contributed by atoms with Crippen LogP contribution in [0.25, 0.3) is 11.1 Å². The average Bonchev–Trinajstić information content (AvgIpc) is 3.04. The van der Waals surface area contributed by atoms with Gasteiger partial charge in [-0.15, -0.1) is 0 Å². The van der Waals surface area contributed by atoms with E-state index in [4.69, 9.17) is 20.3 Å². The zero-order valence-corrected chi connectivity index (χ0v) is 18.3. The number of hydrogen-bond acceptors (Lipinski definition) is 6. The minimum absolute atomic E-state index is 0.0433. The fourth-order valence-corrected chi connectivity index (χ4v) is 3.72. The van der Waals surface area contributed by atoms with Gasteiger partial charge in [0.1, 0.15) is 24.3 Å². The molecule has 0 bridgehead atoms. The second-order valence-electron chi connectivity index (χ2n) is 8.74. The number of carboxylic acids is 1. The quantitative estimate of drug-likeness (QED) is 0.565. The van der Waals surface area contributed by atoms with Crippen LogP contribution in [-0.2, 0) is 19.1 Å². The molecule has 0 spiro atoms. The van der Waals surface area contributed by atoms with Gasteiger partial charge in [-0.1, -0.05) is 48.5 Å². The van der Waals surface area contributed by atoms with Crippen molar-refractivity contribution < 1.29 is 29.0 Å². The third-order valence-corrected chi connectivity index (χ3v) is 5.14. The van der Waals surface area contributed by atoms with Crippen molar-refractivity contribution in [1.82, 2.24) is 5.32 Å². The number of aliphatic carboxylic acids is 1. The average molecular weight is 440 g/mol. The van der Waals surface area contributed by atoms with Crippen LogP contribution in [0.5, 0.6) is 0 Å². The standard InChI is InChI=1S/C24H28N2O6/c1-24(2,3)32-23(30)26-20(12-19(25)21(27)28)22(29)31-13-18-16-10-6-4-8-14(16)15-9-5-7-11-17(15)18/h4-11,18-20H,12-13,25H2,1-3H3,(H,26,30)(H,27,28). The van der Waals surface area contributed by atoms with Crippen LogP contribution in [0.15, 0.2) is 48.5 Å². The van der Waals surface area contributed by atoms with Crippen LogP contribution in [0.2, 0.25) is 0 Å². The molecule has 0 radical (unpaired) electrons. The first-order chi connectivity index (χ1) is 15.1. The first kappa shape index (κ1) is 23.3. The lowest BCUT2D eigenvalue weighted by atomic mass is 9.98. The number of esters is 1. The van der Waals surface area contributed by atoms with E-state index in [0.29, 0.717) is 0 Å². The molecule has 0 aliphatic heterocycles. The van der Waals surface area contributed by atoms with E-state index in [0.717, 1.165) is 22.3 Å². The number of alkyl carbamates (subject to hydrolysis) is 1. The lowest BCUT2D eigenvalue weighted by molar-refractivity contribution is -0.147. The van der Waals surface area contributed by atoms with Gasteiger partial charge in [-0.2, -0.15) is 0 Å². The summed E-state index contributed by atoms with van der Waals surface area (Å²) in [6.07, 6.45) is -1.18. The van der Waals surface area contributed by atoms with Crippen molar-refractivity contribution in [3.05, 3.63) is 59.7 Å². The number of carbonyl (C=O) groups excluding carboxylic acids is 2. The van der Waals surface area contributed by atoms with Gasteiger partial charge < -0.3 is 25.6 Å². The molecule has 3 rings (SSSR count). The van der Waals surface area contributed by atoms with Crippen LogP contribution in [0.4, 0.5) is 4.79 Å². The molecule has 0 aromatic heterocycles. The number of rotatable bonds is 7. The molecular formula is C24H28N2O6. The van der Waals surface area contributed by atoms with E-state index in [1.54, 1.807) is 20.8 Å². The predicted octanol–water partition coefficient (Wildman–Crippen LogP) is 3.04. The Hall–Kier alpha value is -3.39. The predicted molar refractivity (Wildman–Crippen MR) is 118 cm³/mol. The molecule has 1 aliphatic rings. The zero-order valence-electron chi connectivity index (χ0n) is 18.3. The van der Waals surface area contributed by atoms with Crippen LogP contribution in [0, 0.1) is 0 Å². The third kappa shape index (κ3) is 5.45. The first-order valence-electron chi connectivity index (χ1n) is 10.4. The first-order valence-corrected chi connectivity index (χ1v) is 10.4. The smallest absolute Gasteiger partial charge is 0.408 e. The number of carbonyl (C=O) groups is 3. The second-order valence-corrected chi connectivity index (χ2v) is 8.74. The summed E-state index contributed by atoms with van der Waals surface area (Å²) >= 11 is 0. The summed E-state index contributed by atoms with van der Waals surface area (Å²) in [5.41, 5.74) is 9.07. The third-order valence-electron chi connectivity index (χ3n) is 5.14. The van der Waals surface area contributed by atoms with Crippen molar-refractivity contribution in [3.8, 4) is 11.1 Å². The fourth-order valence-electron chi connectivity index (χ4n) is 3.72. The van der Waals surface area contributed by atoms with E-state index in [-0.39, 0.29) is 18.9 Å². The van der Waals surface area contributed by atoms with Gasteiger partial charge in [0, 0.05) is 12.3 Å². The Kier molecular flexibility index (Phi) is 6.84. The number of amides is 1. The maximum absolute atomic E-state index is 12.8. The molecule has 0 fully saturated rings. The van der Waals surface area contributed by atoms with Crippen molar-refractivity contribution in [2.45, 2.75) is 50.8 Å². The Balaban J connectivity index is 1.74. The van der Waals surface area contributed by atoms with E-state index >= 15 is 0 Å². The summed E-state index contributed by atoms with van der Waals surface area (Å²) < 4.78 is 10.7. The molecule has 8 heteroatoms. The zero-order chi connectivity index (χ0) is 23.5. The summed E-state index contributed by atoms with van der Waals surface area (Å²) in [4.78, 5) is 36.2. The van der Waals surface area contributed by atoms with Gasteiger partial charge in [-0.05, 0) is 43.0 Å². The number of benzene rings is 2. The molecule has 2 unspecified atom stereocenters. The van der Waals surface area contributed by atoms with E-state index in [1.807, 2.05) is 48.5 Å². The summed E-state index contributed by atoms with van der Waals surface area (Å²) in [6.45, 7) is 5.08. The Bertz CT molecular complexity index is 968. The van der Waals surface area contributed by atoms with Gasteiger partial charge in [-0.25, -0.2) is 9.59 Å². The lowest BCUT2D eigenvalue weighted by Crippen LogP contribution is -2.48. The molecule has 4 N–H and O–H groups in total. The fraction of sp³-hybridized carbons (Fsp3) is 0.375. The van der Waals surface area contributed by atoms with Gasteiger partial charge in [0.25, 0.3) is 0 Å². The maximum Gasteiger partial charge on any atom is 0.408 e. The molecule has 0 heterocycles. The highest BCUT2D eigenvalue weighted by Crippen LogP contribution is 2.44. The molecule has 0 saturated heterocycles. The van der Waals surface area contributed by atoms with Gasteiger partial charge in [0.15, 0.2) is 0 Å². The van der Waals surface area contributed by atoms with Gasteiger partial charge >= 0.3 is 18.0 Å². The number of nitrogens with two attached hydrogens (primary N) is 1. The van der Waals surface area contributed by atoms with Crippen molar-refractivity contribution in [2.24, 2.45) is 5.73 Å². The molecule has 0 saturated carbocycles. The van der Waals surface area contributed by atoms with Gasteiger partial charge in [0.2, 0.25) is 0 Å². The Morgan fingerprint density at radius 1 is 1.03 bits per heavy atom. The number of hydrogen-bond donors (Lipinski definition) is 3. The van der Waals surface area contributed by atoms with E-state index < -0.39 is 35.7 Å². The van der Waals surface area contributed by atoms with Crippen molar-refractivity contribution in [1.29, 1.82) is 0 Å². The normalized spacial score (nSPS) is 14.6. The van der Waals surface area contributed by atoms with E-state index in [2.05, 4.69) is 5.32 Å². The van der Waals surface area contributed by atoms with Crippen molar-refractivity contribution in [2.75, 3.05) is 6.61 Å². The summed E-state index contributed by atoms with van der Waals surface area (Å²) in [5.74, 6) is -2.22. The molecule has 8 nitrogen and oxygen atoms in total. The SMILES string of the molecule is CC(C)(C)OC(=O)NC(CC(N)C(=O)O)C(=O)OCC1c2ccccc2-c2ccccc21. The number of fused-ring (bicyclic) bond motifs is 3. The van der Waals surface area contributed by atoms with Gasteiger partial charge in [-0.3, -0.25) is 4.79 Å². The lowest BCUT2D eigenvalue weighted by Gasteiger charge is -2.24. The molecule has 2 aromatic rings. The number of ether oxygens (including phenoxy) is 2. The molecule has 2 atom stereocenters. The second kappa shape index (κ2) is 9.40. The van der Waals surface area contributed by atoms with Crippen LogP contribution in [0.1, 0.15) is 44.2 Å². The van der Waals surface area contributed by atoms with Crippen LogP contribution in [-0.4, -0.2) is 47.4 Å². The molecule has 32 heavy (non-hydrogen) atoms. The van der Waals surface area contributed by atoms with Crippen molar-refractivity contribution in [3.63, 3.8) is 0 Å². The highest BCUT2D eigenvalue weighted by molar-refractivity contribution is 5.83. The molecule has 2 aromatic carbocycles. The number of carboxylic acid groups (broad SMARTS) is 1. The van der Waals surface area contributed by atoms with Gasteiger partial charge in [0.05, 0.1) is 0 Å². The maximum atomic E-state index is 12.8. The largest absolute Gasteiger partial charge is 0.480 e. The van der Waals surface area contributed by atoms with E-state index in [1.165, 1.54) is 0 Å². The molecule has 1 amide bonds. The monoisotopic (exact) mass is 440 g/mol. The molecule has 1 aliphatic carbocycles.